The number of hydrogen-bond acceptors (Lipinski definition) is 2. The number of hydrogen-bond donors (Lipinski definition) is 1. The van der Waals surface area contributed by atoms with Crippen LogP contribution in [0.2, 0.25) is 5.02 Å². The first kappa shape index (κ1) is 16.3. The summed E-state index contributed by atoms with van der Waals surface area (Å²) in [4.78, 5) is 2.53. The largest absolute Gasteiger partial charge is 0.310 e. The maximum Gasteiger partial charge on any atom is 0.0464 e. The maximum absolute atomic E-state index is 6.31. The molecule has 1 N–H and O–H groups in total. The molecular formula is C16H24BrClN2. The van der Waals surface area contributed by atoms with E-state index in [2.05, 4.69) is 52.1 Å². The molecule has 20 heavy (non-hydrogen) atoms. The molecule has 1 atom stereocenters. The molecule has 1 aliphatic rings. The molecule has 0 aliphatic carbocycles. The van der Waals surface area contributed by atoms with E-state index in [1.54, 1.807) is 0 Å². The predicted molar refractivity (Wildman–Crippen MR) is 90.4 cm³/mol. The monoisotopic (exact) mass is 358 g/mol. The average molecular weight is 360 g/mol. The SMILES string of the molecule is CCN1CCC(CNC(C)c2ccc(Br)cc2Cl)CC1. The number of nitrogens with one attached hydrogen (secondary N) is 1. The Morgan fingerprint density at radius 1 is 1.40 bits per heavy atom. The smallest absolute Gasteiger partial charge is 0.0464 e. The Morgan fingerprint density at radius 3 is 2.70 bits per heavy atom. The van der Waals surface area contributed by atoms with Crippen LogP contribution in [0.3, 0.4) is 0 Å². The molecule has 0 radical (unpaired) electrons. The molecule has 1 saturated heterocycles. The minimum absolute atomic E-state index is 0.305. The van der Waals surface area contributed by atoms with Gasteiger partial charge in [0.1, 0.15) is 0 Å². The summed E-state index contributed by atoms with van der Waals surface area (Å²) in [5.41, 5.74) is 1.18. The molecule has 0 aromatic heterocycles. The van der Waals surface area contributed by atoms with Crippen LogP contribution in [0.5, 0.6) is 0 Å². The van der Waals surface area contributed by atoms with Crippen LogP contribution in [-0.4, -0.2) is 31.1 Å². The molecule has 2 nitrogen and oxygen atoms in total. The van der Waals surface area contributed by atoms with Crippen molar-refractivity contribution in [2.45, 2.75) is 32.7 Å². The number of piperidine rings is 1. The fourth-order valence-corrected chi connectivity index (χ4v) is 3.65. The van der Waals surface area contributed by atoms with E-state index in [9.17, 15) is 0 Å². The molecule has 1 aliphatic heterocycles. The second-order valence-electron chi connectivity index (χ2n) is 5.67. The van der Waals surface area contributed by atoms with Crippen molar-refractivity contribution in [1.29, 1.82) is 0 Å². The van der Waals surface area contributed by atoms with Crippen LogP contribution in [0.25, 0.3) is 0 Å². The molecule has 0 spiro atoms. The zero-order chi connectivity index (χ0) is 14.5. The second-order valence-corrected chi connectivity index (χ2v) is 7.00. The van der Waals surface area contributed by atoms with Crippen molar-refractivity contribution in [1.82, 2.24) is 10.2 Å². The van der Waals surface area contributed by atoms with Crippen molar-refractivity contribution in [2.24, 2.45) is 5.92 Å². The average Bonchev–Trinajstić information content (AvgIpc) is 2.45. The molecule has 1 unspecified atom stereocenters. The molecule has 1 aromatic carbocycles. The van der Waals surface area contributed by atoms with Gasteiger partial charge < -0.3 is 10.2 Å². The molecule has 112 valence electrons. The summed E-state index contributed by atoms with van der Waals surface area (Å²) in [5.74, 6) is 0.800. The van der Waals surface area contributed by atoms with Crippen molar-refractivity contribution in [3.05, 3.63) is 33.3 Å². The number of likely N-dealkylation sites (tertiary alicyclic amines) is 1. The summed E-state index contributed by atoms with van der Waals surface area (Å²) in [6.45, 7) is 9.20. The van der Waals surface area contributed by atoms with Crippen LogP contribution in [0.4, 0.5) is 0 Å². The van der Waals surface area contributed by atoms with Gasteiger partial charge in [0.15, 0.2) is 0 Å². The van der Waals surface area contributed by atoms with E-state index in [1.807, 2.05) is 6.07 Å². The van der Waals surface area contributed by atoms with Gasteiger partial charge in [-0.15, -0.1) is 0 Å². The van der Waals surface area contributed by atoms with E-state index >= 15 is 0 Å². The Kier molecular flexibility index (Phi) is 6.34. The van der Waals surface area contributed by atoms with E-state index in [-0.39, 0.29) is 0 Å². The standard InChI is InChI=1S/C16H24BrClN2/c1-3-20-8-6-13(7-9-20)11-19-12(2)15-5-4-14(17)10-16(15)18/h4-5,10,12-13,19H,3,6-9,11H2,1-2H3. The molecule has 2 rings (SSSR count). The Labute approximate surface area is 136 Å². The predicted octanol–water partition coefficient (Wildman–Crippen LogP) is 4.49. The Hall–Kier alpha value is -0.0900. The van der Waals surface area contributed by atoms with E-state index in [0.717, 1.165) is 22.0 Å². The summed E-state index contributed by atoms with van der Waals surface area (Å²) >= 11 is 9.76. The Bertz CT molecular complexity index is 430. The number of rotatable bonds is 5. The number of nitrogens with zero attached hydrogens (tertiary/aromatic N) is 1. The van der Waals surface area contributed by atoms with Gasteiger partial charge in [0.2, 0.25) is 0 Å². The third-order valence-electron chi connectivity index (χ3n) is 4.30. The minimum Gasteiger partial charge on any atom is -0.310 e. The first-order valence-corrected chi connectivity index (χ1v) is 8.68. The van der Waals surface area contributed by atoms with E-state index in [4.69, 9.17) is 11.6 Å². The lowest BCUT2D eigenvalue weighted by Gasteiger charge is -2.31. The van der Waals surface area contributed by atoms with Gasteiger partial charge in [0.05, 0.1) is 0 Å². The topological polar surface area (TPSA) is 15.3 Å². The first-order valence-electron chi connectivity index (χ1n) is 7.50. The molecular weight excluding hydrogens is 336 g/mol. The van der Waals surface area contributed by atoms with Gasteiger partial charge in [-0.05, 0) is 69.6 Å². The molecule has 0 bridgehead atoms. The fourth-order valence-electron chi connectivity index (χ4n) is 2.81. The highest BCUT2D eigenvalue weighted by atomic mass is 79.9. The van der Waals surface area contributed by atoms with E-state index in [0.29, 0.717) is 6.04 Å². The summed E-state index contributed by atoms with van der Waals surface area (Å²) < 4.78 is 1.03. The Balaban J connectivity index is 1.82. The highest BCUT2D eigenvalue weighted by Gasteiger charge is 2.19. The van der Waals surface area contributed by atoms with Crippen molar-refractivity contribution in [2.75, 3.05) is 26.2 Å². The highest BCUT2D eigenvalue weighted by molar-refractivity contribution is 9.10. The summed E-state index contributed by atoms with van der Waals surface area (Å²) in [7, 11) is 0. The van der Waals surface area contributed by atoms with E-state index in [1.165, 1.54) is 38.0 Å². The lowest BCUT2D eigenvalue weighted by atomic mass is 9.96. The molecule has 4 heteroatoms. The second kappa shape index (κ2) is 7.79. The van der Waals surface area contributed by atoms with Crippen LogP contribution < -0.4 is 5.32 Å². The van der Waals surface area contributed by atoms with Crippen molar-refractivity contribution < 1.29 is 0 Å². The van der Waals surface area contributed by atoms with Crippen LogP contribution in [0.15, 0.2) is 22.7 Å². The molecule has 1 heterocycles. The van der Waals surface area contributed by atoms with Crippen molar-refractivity contribution in [3.8, 4) is 0 Å². The highest BCUT2D eigenvalue weighted by Crippen LogP contribution is 2.27. The van der Waals surface area contributed by atoms with Crippen LogP contribution in [0, 0.1) is 5.92 Å². The summed E-state index contributed by atoms with van der Waals surface area (Å²) in [5, 5.41) is 4.48. The number of benzene rings is 1. The zero-order valence-electron chi connectivity index (χ0n) is 12.3. The van der Waals surface area contributed by atoms with Gasteiger partial charge in [-0.3, -0.25) is 0 Å². The van der Waals surface area contributed by atoms with Gasteiger partial charge in [0, 0.05) is 15.5 Å². The fraction of sp³-hybridized carbons (Fsp3) is 0.625. The van der Waals surface area contributed by atoms with Crippen LogP contribution >= 0.6 is 27.5 Å². The third kappa shape index (κ3) is 4.45. The normalized spacial score (nSPS) is 19.2. The molecule has 1 fully saturated rings. The quantitative estimate of drug-likeness (QED) is 0.833. The molecule has 0 amide bonds. The minimum atomic E-state index is 0.305. The lowest BCUT2D eigenvalue weighted by Crippen LogP contribution is -2.37. The lowest BCUT2D eigenvalue weighted by molar-refractivity contribution is 0.188. The first-order chi connectivity index (χ1) is 9.60. The van der Waals surface area contributed by atoms with Crippen molar-refractivity contribution >= 4 is 27.5 Å². The van der Waals surface area contributed by atoms with E-state index < -0.39 is 0 Å². The maximum atomic E-state index is 6.31. The Morgan fingerprint density at radius 2 is 2.10 bits per heavy atom. The van der Waals surface area contributed by atoms with Gasteiger partial charge in [0.25, 0.3) is 0 Å². The van der Waals surface area contributed by atoms with Crippen LogP contribution in [0.1, 0.15) is 38.3 Å². The zero-order valence-corrected chi connectivity index (χ0v) is 14.7. The summed E-state index contributed by atoms with van der Waals surface area (Å²) in [6, 6.07) is 6.43. The molecule has 0 saturated carbocycles. The molecule has 1 aromatic rings. The van der Waals surface area contributed by atoms with Gasteiger partial charge in [-0.25, -0.2) is 0 Å². The van der Waals surface area contributed by atoms with Crippen LogP contribution in [-0.2, 0) is 0 Å². The number of halogens is 2. The van der Waals surface area contributed by atoms with Gasteiger partial charge in [-0.1, -0.05) is 40.5 Å². The van der Waals surface area contributed by atoms with Gasteiger partial charge >= 0.3 is 0 Å². The van der Waals surface area contributed by atoms with Gasteiger partial charge in [-0.2, -0.15) is 0 Å². The summed E-state index contributed by atoms with van der Waals surface area (Å²) in [6.07, 6.45) is 2.61. The van der Waals surface area contributed by atoms with Crippen molar-refractivity contribution in [3.63, 3.8) is 0 Å². The third-order valence-corrected chi connectivity index (χ3v) is 5.12.